The summed E-state index contributed by atoms with van der Waals surface area (Å²) in [5.41, 5.74) is 0. The van der Waals surface area contributed by atoms with Crippen LogP contribution >= 0.6 is 12.4 Å². The van der Waals surface area contributed by atoms with E-state index in [-0.39, 0.29) is 37.6 Å². The van der Waals surface area contributed by atoms with Gasteiger partial charge in [0, 0.05) is 37.3 Å². The van der Waals surface area contributed by atoms with Crippen LogP contribution in [0, 0.1) is 17.5 Å². The fourth-order valence-corrected chi connectivity index (χ4v) is 4.62. The molecule has 1 aromatic carbocycles. The van der Waals surface area contributed by atoms with E-state index in [4.69, 9.17) is 0 Å². The molecule has 2 aliphatic rings. The van der Waals surface area contributed by atoms with E-state index >= 15 is 0 Å². The van der Waals surface area contributed by atoms with Gasteiger partial charge in [0.05, 0.1) is 0 Å². The Morgan fingerprint density at radius 2 is 1.64 bits per heavy atom. The SMILES string of the molecule is Cl.O=S(=O)(c1c(F)cc(F)cc1F)N1CCC2CCC(C1)N2. The minimum Gasteiger partial charge on any atom is -0.310 e. The molecule has 0 aliphatic carbocycles. The second-order valence-electron chi connectivity index (χ2n) is 5.49. The molecule has 2 fully saturated rings. The zero-order valence-corrected chi connectivity index (χ0v) is 13.2. The lowest BCUT2D eigenvalue weighted by atomic mass is 10.1. The summed E-state index contributed by atoms with van der Waals surface area (Å²) in [6.07, 6.45) is 2.42. The largest absolute Gasteiger partial charge is 0.310 e. The van der Waals surface area contributed by atoms with E-state index in [1.54, 1.807) is 0 Å². The summed E-state index contributed by atoms with van der Waals surface area (Å²) in [5, 5.41) is 3.29. The van der Waals surface area contributed by atoms with E-state index in [0.29, 0.717) is 18.6 Å². The number of benzene rings is 1. The second kappa shape index (κ2) is 6.35. The first-order valence-electron chi connectivity index (χ1n) is 6.78. The van der Waals surface area contributed by atoms with Crippen LogP contribution in [0.15, 0.2) is 17.0 Å². The second-order valence-corrected chi connectivity index (χ2v) is 7.36. The Balaban J connectivity index is 0.00000176. The minimum atomic E-state index is -4.31. The van der Waals surface area contributed by atoms with Crippen molar-refractivity contribution in [1.29, 1.82) is 0 Å². The van der Waals surface area contributed by atoms with Crippen LogP contribution in [-0.2, 0) is 10.0 Å². The molecular weight excluding hydrogens is 341 g/mol. The Morgan fingerprint density at radius 3 is 2.27 bits per heavy atom. The Bertz CT molecular complexity index is 648. The van der Waals surface area contributed by atoms with E-state index in [1.807, 2.05) is 0 Å². The lowest BCUT2D eigenvalue weighted by Gasteiger charge is -2.24. The smallest absolute Gasteiger partial charge is 0.248 e. The van der Waals surface area contributed by atoms with Gasteiger partial charge in [-0.05, 0) is 19.3 Å². The molecule has 2 heterocycles. The zero-order valence-electron chi connectivity index (χ0n) is 11.6. The molecule has 1 N–H and O–H groups in total. The number of rotatable bonds is 2. The third kappa shape index (κ3) is 3.10. The molecule has 1 aromatic rings. The number of fused-ring (bicyclic) bond motifs is 2. The van der Waals surface area contributed by atoms with Gasteiger partial charge in [-0.25, -0.2) is 21.6 Å². The van der Waals surface area contributed by atoms with Crippen molar-refractivity contribution < 1.29 is 21.6 Å². The molecule has 0 radical (unpaired) electrons. The average Bonchev–Trinajstić information content (AvgIpc) is 2.66. The van der Waals surface area contributed by atoms with E-state index in [2.05, 4.69) is 5.32 Å². The maximum Gasteiger partial charge on any atom is 0.248 e. The van der Waals surface area contributed by atoms with Gasteiger partial charge in [0.15, 0.2) is 4.90 Å². The third-order valence-corrected chi connectivity index (χ3v) is 5.96. The Labute approximate surface area is 133 Å². The van der Waals surface area contributed by atoms with Crippen molar-refractivity contribution in [3.63, 3.8) is 0 Å². The molecular formula is C13H16ClF3N2O2S. The number of halogens is 4. The molecule has 2 saturated heterocycles. The van der Waals surface area contributed by atoms with Crippen molar-refractivity contribution in [1.82, 2.24) is 9.62 Å². The molecule has 0 saturated carbocycles. The third-order valence-electron chi connectivity index (χ3n) is 4.05. The van der Waals surface area contributed by atoms with Gasteiger partial charge in [-0.1, -0.05) is 0 Å². The fourth-order valence-electron chi connectivity index (χ4n) is 3.03. The van der Waals surface area contributed by atoms with Gasteiger partial charge >= 0.3 is 0 Å². The van der Waals surface area contributed by atoms with Crippen molar-refractivity contribution in [3.05, 3.63) is 29.6 Å². The van der Waals surface area contributed by atoms with Crippen molar-refractivity contribution in [2.75, 3.05) is 13.1 Å². The summed E-state index contributed by atoms with van der Waals surface area (Å²) in [6.45, 7) is 0.377. The van der Waals surface area contributed by atoms with Crippen LogP contribution in [0.4, 0.5) is 13.2 Å². The fraction of sp³-hybridized carbons (Fsp3) is 0.538. The lowest BCUT2D eigenvalue weighted by Crippen LogP contribution is -2.39. The molecule has 0 aromatic heterocycles. The predicted molar refractivity (Wildman–Crippen MR) is 76.9 cm³/mol. The highest BCUT2D eigenvalue weighted by molar-refractivity contribution is 7.89. The van der Waals surface area contributed by atoms with Crippen molar-refractivity contribution in [2.24, 2.45) is 0 Å². The first-order valence-corrected chi connectivity index (χ1v) is 8.22. The van der Waals surface area contributed by atoms with E-state index in [9.17, 15) is 21.6 Å². The molecule has 124 valence electrons. The number of sulfonamides is 1. The molecule has 2 aliphatic heterocycles. The van der Waals surface area contributed by atoms with Crippen LogP contribution < -0.4 is 5.32 Å². The van der Waals surface area contributed by atoms with Crippen LogP contribution in [0.5, 0.6) is 0 Å². The highest BCUT2D eigenvalue weighted by Crippen LogP contribution is 2.28. The number of hydrogen-bond donors (Lipinski definition) is 1. The molecule has 2 atom stereocenters. The van der Waals surface area contributed by atoms with E-state index in [1.165, 1.54) is 0 Å². The van der Waals surface area contributed by atoms with Gasteiger partial charge < -0.3 is 5.32 Å². The Hall–Kier alpha value is -0.830. The Kier molecular flexibility index (Phi) is 5.06. The first kappa shape index (κ1) is 17.5. The van der Waals surface area contributed by atoms with E-state index < -0.39 is 32.4 Å². The van der Waals surface area contributed by atoms with Crippen LogP contribution in [0.1, 0.15) is 19.3 Å². The zero-order chi connectivity index (χ0) is 15.2. The molecule has 2 unspecified atom stereocenters. The molecule has 4 nitrogen and oxygen atoms in total. The van der Waals surface area contributed by atoms with Crippen LogP contribution in [0.2, 0.25) is 0 Å². The number of nitrogens with zero attached hydrogens (tertiary/aromatic N) is 1. The summed E-state index contributed by atoms with van der Waals surface area (Å²) in [5.74, 6) is -3.93. The van der Waals surface area contributed by atoms with Gasteiger partial charge in [-0.2, -0.15) is 4.31 Å². The number of nitrogens with one attached hydrogen (secondary N) is 1. The molecule has 9 heteroatoms. The van der Waals surface area contributed by atoms with E-state index in [0.717, 1.165) is 17.1 Å². The van der Waals surface area contributed by atoms with Crippen LogP contribution in [0.3, 0.4) is 0 Å². The maximum absolute atomic E-state index is 13.7. The molecule has 2 bridgehead atoms. The van der Waals surface area contributed by atoms with Crippen molar-refractivity contribution >= 4 is 22.4 Å². The van der Waals surface area contributed by atoms with Gasteiger partial charge in [0.25, 0.3) is 0 Å². The summed E-state index contributed by atoms with van der Waals surface area (Å²) in [7, 11) is -4.31. The minimum absolute atomic E-state index is 0. The van der Waals surface area contributed by atoms with Crippen LogP contribution in [0.25, 0.3) is 0 Å². The van der Waals surface area contributed by atoms with Gasteiger partial charge in [-0.3, -0.25) is 0 Å². The topological polar surface area (TPSA) is 49.4 Å². The highest BCUT2D eigenvalue weighted by atomic mass is 35.5. The van der Waals surface area contributed by atoms with Crippen molar-refractivity contribution in [3.8, 4) is 0 Å². The summed E-state index contributed by atoms with van der Waals surface area (Å²) in [6, 6.07) is 1.02. The Morgan fingerprint density at radius 1 is 1.05 bits per heavy atom. The van der Waals surface area contributed by atoms with Gasteiger partial charge in [0.2, 0.25) is 10.0 Å². The summed E-state index contributed by atoms with van der Waals surface area (Å²) < 4.78 is 66.4. The molecule has 0 amide bonds. The molecule has 22 heavy (non-hydrogen) atoms. The lowest BCUT2D eigenvalue weighted by molar-refractivity contribution is 0.376. The van der Waals surface area contributed by atoms with Gasteiger partial charge in [-0.15, -0.1) is 12.4 Å². The predicted octanol–water partition coefficient (Wildman–Crippen LogP) is 2.04. The highest BCUT2D eigenvalue weighted by Gasteiger charge is 2.37. The van der Waals surface area contributed by atoms with Gasteiger partial charge in [0.1, 0.15) is 17.5 Å². The normalized spacial score (nSPS) is 25.6. The molecule has 0 spiro atoms. The monoisotopic (exact) mass is 356 g/mol. The van der Waals surface area contributed by atoms with Crippen LogP contribution in [-0.4, -0.2) is 37.9 Å². The summed E-state index contributed by atoms with van der Waals surface area (Å²) >= 11 is 0. The standard InChI is InChI=1S/C13H15F3N2O2S.ClH/c14-8-5-11(15)13(12(16)6-8)21(19,20)18-4-3-9-1-2-10(7-18)17-9;/h5-6,9-10,17H,1-4,7H2;1H. The quantitative estimate of drug-likeness (QED) is 0.882. The average molecular weight is 357 g/mol. The summed E-state index contributed by atoms with van der Waals surface area (Å²) in [4.78, 5) is -1.07. The maximum atomic E-state index is 13.7. The number of hydrogen-bond acceptors (Lipinski definition) is 3. The molecule has 3 rings (SSSR count). The van der Waals surface area contributed by atoms with Crippen molar-refractivity contribution in [2.45, 2.75) is 36.2 Å². The first-order chi connectivity index (χ1) is 9.88.